The number of halogens is 1. The number of carbonyl (C=O) groups is 1. The zero-order valence-corrected chi connectivity index (χ0v) is 12.7. The molecule has 0 bridgehead atoms. The maximum Gasteiger partial charge on any atom is 0.267 e. The van der Waals surface area contributed by atoms with Crippen LogP contribution in [0, 0.1) is 0 Å². The standard InChI is InChI=1S/C12H8ClNO5S2/c13-21(16,17)10-3-4-20-11(10)12(15)14-7-1-2-8-9(5-7)19-6-18-8/h1-5H,6H2,(H,14,15). The molecule has 6 nitrogen and oxygen atoms in total. The first-order valence-electron chi connectivity index (χ1n) is 5.68. The molecule has 0 atom stereocenters. The number of nitrogens with one attached hydrogen (secondary N) is 1. The minimum atomic E-state index is -3.96. The lowest BCUT2D eigenvalue weighted by Gasteiger charge is -2.06. The predicted molar refractivity (Wildman–Crippen MR) is 77.9 cm³/mol. The van der Waals surface area contributed by atoms with Gasteiger partial charge in [0.15, 0.2) is 11.5 Å². The number of hydrogen-bond donors (Lipinski definition) is 1. The fraction of sp³-hybridized carbons (Fsp3) is 0.0833. The Morgan fingerprint density at radius 3 is 2.76 bits per heavy atom. The molecule has 0 unspecified atom stereocenters. The number of rotatable bonds is 3. The van der Waals surface area contributed by atoms with E-state index in [1.54, 1.807) is 18.2 Å². The Morgan fingerprint density at radius 2 is 2.00 bits per heavy atom. The zero-order valence-electron chi connectivity index (χ0n) is 10.3. The minimum absolute atomic E-state index is 0.0302. The molecule has 1 N–H and O–H groups in total. The number of ether oxygens (including phenoxy) is 2. The third-order valence-electron chi connectivity index (χ3n) is 2.73. The summed E-state index contributed by atoms with van der Waals surface area (Å²) >= 11 is 0.998. The smallest absolute Gasteiger partial charge is 0.267 e. The van der Waals surface area contributed by atoms with Crippen LogP contribution in [0.15, 0.2) is 34.5 Å². The van der Waals surface area contributed by atoms with Gasteiger partial charge in [-0.15, -0.1) is 11.3 Å². The van der Waals surface area contributed by atoms with Gasteiger partial charge >= 0.3 is 0 Å². The predicted octanol–water partition coefficient (Wildman–Crippen LogP) is 2.66. The molecule has 1 aliphatic heterocycles. The third kappa shape index (κ3) is 2.82. The molecule has 1 aromatic heterocycles. The largest absolute Gasteiger partial charge is 0.454 e. The van der Waals surface area contributed by atoms with E-state index < -0.39 is 15.0 Å². The summed E-state index contributed by atoms with van der Waals surface area (Å²) in [6.45, 7) is 0.131. The van der Waals surface area contributed by atoms with Gasteiger partial charge in [0.25, 0.3) is 15.0 Å². The lowest BCUT2D eigenvalue weighted by Crippen LogP contribution is -2.12. The lowest BCUT2D eigenvalue weighted by atomic mass is 10.2. The monoisotopic (exact) mass is 345 g/mol. The van der Waals surface area contributed by atoms with Crippen LogP contribution in [0.2, 0.25) is 0 Å². The second-order valence-corrected chi connectivity index (χ2v) is 7.52. The van der Waals surface area contributed by atoms with E-state index in [0.29, 0.717) is 17.2 Å². The van der Waals surface area contributed by atoms with E-state index in [1.165, 1.54) is 11.4 Å². The van der Waals surface area contributed by atoms with Crippen molar-refractivity contribution < 1.29 is 22.7 Å². The summed E-state index contributed by atoms with van der Waals surface area (Å²) in [5, 5.41) is 4.09. The van der Waals surface area contributed by atoms with Crippen LogP contribution in [0.25, 0.3) is 0 Å². The average Bonchev–Trinajstić information content (AvgIpc) is 3.06. The van der Waals surface area contributed by atoms with Gasteiger partial charge in [0.05, 0.1) is 0 Å². The Labute approximate surface area is 128 Å². The molecule has 9 heteroatoms. The maximum atomic E-state index is 12.1. The van der Waals surface area contributed by atoms with Crippen molar-refractivity contribution in [2.75, 3.05) is 12.1 Å². The van der Waals surface area contributed by atoms with Gasteiger partial charge in [0.2, 0.25) is 6.79 Å². The molecule has 1 aliphatic rings. The Balaban J connectivity index is 1.86. The second kappa shape index (κ2) is 5.21. The van der Waals surface area contributed by atoms with Crippen LogP contribution in [-0.4, -0.2) is 21.1 Å². The average molecular weight is 346 g/mol. The number of benzene rings is 1. The van der Waals surface area contributed by atoms with Crippen molar-refractivity contribution in [1.29, 1.82) is 0 Å². The Hall–Kier alpha value is -1.77. The van der Waals surface area contributed by atoms with Gasteiger partial charge in [-0.2, -0.15) is 0 Å². The molecule has 3 rings (SSSR count). The number of anilines is 1. The third-order valence-corrected chi connectivity index (χ3v) is 5.14. The first-order valence-corrected chi connectivity index (χ1v) is 8.87. The summed E-state index contributed by atoms with van der Waals surface area (Å²) in [5.41, 5.74) is 0.468. The molecular weight excluding hydrogens is 338 g/mol. The van der Waals surface area contributed by atoms with Crippen LogP contribution in [0.4, 0.5) is 5.69 Å². The van der Waals surface area contributed by atoms with Gasteiger partial charge in [-0.25, -0.2) is 8.42 Å². The molecule has 0 radical (unpaired) electrons. The van der Waals surface area contributed by atoms with Crippen molar-refractivity contribution in [2.45, 2.75) is 4.90 Å². The van der Waals surface area contributed by atoms with Crippen LogP contribution in [0.5, 0.6) is 11.5 Å². The number of thiophene rings is 1. The van der Waals surface area contributed by atoms with E-state index in [1.807, 2.05) is 0 Å². The number of amides is 1. The van der Waals surface area contributed by atoms with Gasteiger partial charge in [0, 0.05) is 22.4 Å². The minimum Gasteiger partial charge on any atom is -0.454 e. The quantitative estimate of drug-likeness (QED) is 0.865. The molecule has 1 aromatic carbocycles. The van der Waals surface area contributed by atoms with Gasteiger partial charge in [-0.3, -0.25) is 4.79 Å². The van der Waals surface area contributed by atoms with Crippen LogP contribution >= 0.6 is 22.0 Å². The molecule has 0 aliphatic carbocycles. The zero-order chi connectivity index (χ0) is 15.0. The van der Waals surface area contributed by atoms with E-state index >= 15 is 0 Å². The van der Waals surface area contributed by atoms with Crippen molar-refractivity contribution in [3.8, 4) is 11.5 Å². The molecule has 2 heterocycles. The highest BCUT2D eigenvalue weighted by molar-refractivity contribution is 8.13. The number of carbonyl (C=O) groups excluding carboxylic acids is 1. The highest BCUT2D eigenvalue weighted by atomic mass is 35.7. The van der Waals surface area contributed by atoms with Gasteiger partial charge < -0.3 is 14.8 Å². The fourth-order valence-electron chi connectivity index (χ4n) is 1.82. The first kappa shape index (κ1) is 14.2. The van der Waals surface area contributed by atoms with E-state index in [0.717, 1.165) is 11.3 Å². The van der Waals surface area contributed by atoms with Crippen molar-refractivity contribution in [1.82, 2.24) is 0 Å². The molecule has 21 heavy (non-hydrogen) atoms. The van der Waals surface area contributed by atoms with Crippen LogP contribution < -0.4 is 14.8 Å². The van der Waals surface area contributed by atoms with Crippen molar-refractivity contribution in [2.24, 2.45) is 0 Å². The molecule has 0 saturated heterocycles. The summed E-state index contributed by atoms with van der Waals surface area (Å²) < 4.78 is 33.1. The Bertz CT molecular complexity index is 815. The number of hydrogen-bond acceptors (Lipinski definition) is 6. The summed E-state index contributed by atoms with van der Waals surface area (Å²) in [6, 6.07) is 6.18. The Morgan fingerprint density at radius 1 is 1.24 bits per heavy atom. The summed E-state index contributed by atoms with van der Waals surface area (Å²) in [6.07, 6.45) is 0. The van der Waals surface area contributed by atoms with E-state index in [4.69, 9.17) is 20.2 Å². The molecule has 0 spiro atoms. The van der Waals surface area contributed by atoms with Crippen LogP contribution in [-0.2, 0) is 9.05 Å². The molecule has 2 aromatic rings. The van der Waals surface area contributed by atoms with E-state index in [9.17, 15) is 13.2 Å². The van der Waals surface area contributed by atoms with E-state index in [-0.39, 0.29) is 16.6 Å². The van der Waals surface area contributed by atoms with Gasteiger partial charge in [-0.05, 0) is 23.6 Å². The lowest BCUT2D eigenvalue weighted by molar-refractivity contribution is 0.102. The summed E-state index contributed by atoms with van der Waals surface area (Å²) in [4.78, 5) is 12.0. The van der Waals surface area contributed by atoms with Gasteiger partial charge in [-0.1, -0.05) is 0 Å². The maximum absolute atomic E-state index is 12.1. The second-order valence-electron chi connectivity index (χ2n) is 4.07. The number of fused-ring (bicyclic) bond motifs is 1. The van der Waals surface area contributed by atoms with E-state index in [2.05, 4.69) is 5.32 Å². The Kier molecular flexibility index (Phi) is 3.52. The molecule has 110 valence electrons. The van der Waals surface area contributed by atoms with Crippen LogP contribution in [0.1, 0.15) is 9.67 Å². The summed E-state index contributed by atoms with van der Waals surface area (Å²) in [7, 11) is 1.33. The normalized spacial score (nSPS) is 13.2. The SMILES string of the molecule is O=C(Nc1ccc2c(c1)OCO2)c1sccc1S(=O)(=O)Cl. The molecular formula is C12H8ClNO5S2. The highest BCUT2D eigenvalue weighted by Crippen LogP contribution is 2.34. The fourth-order valence-corrected chi connectivity index (χ4v) is 4.13. The van der Waals surface area contributed by atoms with Crippen molar-refractivity contribution in [3.05, 3.63) is 34.5 Å². The highest BCUT2D eigenvalue weighted by Gasteiger charge is 2.23. The molecule has 1 amide bonds. The topological polar surface area (TPSA) is 81.7 Å². The first-order chi connectivity index (χ1) is 9.95. The molecule has 0 saturated carbocycles. The van der Waals surface area contributed by atoms with Crippen molar-refractivity contribution >= 4 is 42.7 Å². The summed E-state index contributed by atoms with van der Waals surface area (Å²) in [5.74, 6) is 0.556. The van der Waals surface area contributed by atoms with Gasteiger partial charge in [0.1, 0.15) is 9.77 Å². The molecule has 0 fully saturated rings. The van der Waals surface area contributed by atoms with Crippen molar-refractivity contribution in [3.63, 3.8) is 0 Å². The van der Waals surface area contributed by atoms with Crippen LogP contribution in [0.3, 0.4) is 0 Å².